The number of aryl methyl sites for hydroxylation is 1. The number of hydrogen-bond acceptors (Lipinski definition) is 3. The van der Waals surface area contributed by atoms with Crippen LogP contribution in [0.4, 0.5) is 0 Å². The third kappa shape index (κ3) is 3.94. The molecule has 0 saturated carbocycles. The molecule has 0 atom stereocenters. The van der Waals surface area contributed by atoms with Crippen LogP contribution in [0.2, 0.25) is 10.2 Å². The number of aromatic nitrogens is 2. The van der Waals surface area contributed by atoms with Gasteiger partial charge in [-0.1, -0.05) is 41.4 Å². The van der Waals surface area contributed by atoms with Gasteiger partial charge in [0.15, 0.2) is 0 Å². The minimum Gasteiger partial charge on any atom is -0.496 e. The number of carbonyl (C=O) groups excluding carboxylic acids is 1. The van der Waals surface area contributed by atoms with Crippen LogP contribution in [0.25, 0.3) is 5.69 Å². The molecule has 27 heavy (non-hydrogen) atoms. The smallest absolute Gasteiger partial charge is 0.258 e. The van der Waals surface area contributed by atoms with Crippen molar-refractivity contribution >= 4 is 29.1 Å². The Hall–Kier alpha value is -2.50. The van der Waals surface area contributed by atoms with E-state index in [-0.39, 0.29) is 11.1 Å². The first-order valence-corrected chi connectivity index (χ1v) is 9.06. The molecule has 3 aromatic rings. The predicted molar refractivity (Wildman–Crippen MR) is 107 cm³/mol. The summed E-state index contributed by atoms with van der Waals surface area (Å²) in [6.07, 6.45) is 0. The number of methoxy groups -OCH3 is 1. The van der Waals surface area contributed by atoms with E-state index in [0.717, 1.165) is 11.3 Å². The zero-order chi connectivity index (χ0) is 19.6. The number of halogens is 2. The van der Waals surface area contributed by atoms with Gasteiger partial charge in [-0.05, 0) is 37.3 Å². The highest BCUT2D eigenvalue weighted by molar-refractivity contribution is 6.33. The molecule has 5 nitrogen and oxygen atoms in total. The SMILES string of the molecule is COc1ccc(Cl)cc1CN(C)C(=O)c1c(C)nn(-c2ccccc2)c1Cl. The summed E-state index contributed by atoms with van der Waals surface area (Å²) in [5.41, 5.74) is 2.55. The van der Waals surface area contributed by atoms with Gasteiger partial charge in [-0.25, -0.2) is 4.68 Å². The van der Waals surface area contributed by atoms with Crippen molar-refractivity contribution in [1.29, 1.82) is 0 Å². The third-order valence-electron chi connectivity index (χ3n) is 4.22. The molecule has 140 valence electrons. The molecule has 0 unspecified atom stereocenters. The summed E-state index contributed by atoms with van der Waals surface area (Å²) in [4.78, 5) is 14.6. The minimum atomic E-state index is -0.221. The molecule has 0 aliphatic rings. The maximum absolute atomic E-state index is 13.0. The van der Waals surface area contributed by atoms with Crippen molar-refractivity contribution in [3.63, 3.8) is 0 Å². The van der Waals surface area contributed by atoms with Crippen molar-refractivity contribution in [2.45, 2.75) is 13.5 Å². The molecule has 2 aromatic carbocycles. The molecule has 0 aliphatic heterocycles. The summed E-state index contributed by atoms with van der Waals surface area (Å²) >= 11 is 12.6. The Bertz CT molecular complexity index is 971. The van der Waals surface area contributed by atoms with Gasteiger partial charge in [-0.15, -0.1) is 0 Å². The molecular formula is C20H19Cl2N3O2. The molecule has 0 spiro atoms. The normalized spacial score (nSPS) is 10.7. The Morgan fingerprint density at radius 3 is 2.56 bits per heavy atom. The zero-order valence-corrected chi connectivity index (χ0v) is 16.8. The summed E-state index contributed by atoms with van der Waals surface area (Å²) < 4.78 is 6.92. The van der Waals surface area contributed by atoms with Crippen LogP contribution in [0.15, 0.2) is 48.5 Å². The van der Waals surface area contributed by atoms with Crippen molar-refractivity contribution in [1.82, 2.24) is 14.7 Å². The van der Waals surface area contributed by atoms with E-state index in [1.54, 1.807) is 48.9 Å². The molecule has 0 fully saturated rings. The van der Waals surface area contributed by atoms with Crippen molar-refractivity contribution in [3.05, 3.63) is 75.5 Å². The monoisotopic (exact) mass is 403 g/mol. The molecule has 1 amide bonds. The molecule has 0 radical (unpaired) electrons. The van der Waals surface area contributed by atoms with Gasteiger partial charge < -0.3 is 9.64 Å². The Morgan fingerprint density at radius 1 is 1.19 bits per heavy atom. The molecule has 3 rings (SSSR count). The van der Waals surface area contributed by atoms with Crippen molar-refractivity contribution in [3.8, 4) is 11.4 Å². The molecule has 0 bridgehead atoms. The number of amides is 1. The highest BCUT2D eigenvalue weighted by Crippen LogP contribution is 2.27. The van der Waals surface area contributed by atoms with Gasteiger partial charge in [0.25, 0.3) is 5.91 Å². The lowest BCUT2D eigenvalue weighted by Gasteiger charge is -2.19. The molecule has 0 N–H and O–H groups in total. The second-order valence-electron chi connectivity index (χ2n) is 6.12. The Labute approximate surface area is 168 Å². The van der Waals surface area contributed by atoms with Crippen LogP contribution in [0.1, 0.15) is 21.6 Å². The third-order valence-corrected chi connectivity index (χ3v) is 4.80. The number of nitrogens with zero attached hydrogens (tertiary/aromatic N) is 3. The number of ether oxygens (including phenoxy) is 1. The summed E-state index contributed by atoms with van der Waals surface area (Å²) in [5.74, 6) is 0.448. The molecule has 7 heteroatoms. The fourth-order valence-electron chi connectivity index (χ4n) is 2.87. The summed E-state index contributed by atoms with van der Waals surface area (Å²) in [7, 11) is 3.29. The van der Waals surface area contributed by atoms with Crippen LogP contribution in [0, 0.1) is 6.92 Å². The zero-order valence-electron chi connectivity index (χ0n) is 15.2. The Kier molecular flexibility index (Phi) is 5.73. The molecule has 1 heterocycles. The van der Waals surface area contributed by atoms with E-state index in [4.69, 9.17) is 27.9 Å². The molecule has 0 aliphatic carbocycles. The fourth-order valence-corrected chi connectivity index (χ4v) is 3.42. The first-order valence-electron chi connectivity index (χ1n) is 8.30. The number of benzene rings is 2. The lowest BCUT2D eigenvalue weighted by molar-refractivity contribution is 0.0783. The number of rotatable bonds is 5. The second kappa shape index (κ2) is 8.03. The van der Waals surface area contributed by atoms with Crippen molar-refractivity contribution < 1.29 is 9.53 Å². The van der Waals surface area contributed by atoms with Crippen LogP contribution in [-0.2, 0) is 6.54 Å². The van der Waals surface area contributed by atoms with E-state index in [2.05, 4.69) is 5.10 Å². The summed E-state index contributed by atoms with van der Waals surface area (Å²) in [5, 5.41) is 5.30. The lowest BCUT2D eigenvalue weighted by Crippen LogP contribution is -2.27. The number of para-hydroxylation sites is 1. The first-order chi connectivity index (χ1) is 12.9. The van der Waals surface area contributed by atoms with E-state index in [0.29, 0.717) is 28.6 Å². The quantitative estimate of drug-likeness (QED) is 0.616. The molecule has 1 aromatic heterocycles. The van der Waals surface area contributed by atoms with Crippen molar-refractivity contribution in [2.24, 2.45) is 0 Å². The highest BCUT2D eigenvalue weighted by atomic mass is 35.5. The standard InChI is InChI=1S/C20H19Cl2N3O2/c1-13-18(19(22)25(23-13)16-7-5-4-6-8-16)20(26)24(2)12-14-11-15(21)9-10-17(14)27-3/h4-11H,12H2,1-3H3. The van der Waals surface area contributed by atoms with E-state index in [1.807, 2.05) is 30.3 Å². The van der Waals surface area contributed by atoms with E-state index in [1.165, 1.54) is 0 Å². The van der Waals surface area contributed by atoms with Gasteiger partial charge in [0, 0.05) is 24.2 Å². The number of carbonyl (C=O) groups is 1. The van der Waals surface area contributed by atoms with Gasteiger partial charge in [0.05, 0.1) is 24.1 Å². The van der Waals surface area contributed by atoms with Crippen LogP contribution < -0.4 is 4.74 Å². The second-order valence-corrected chi connectivity index (χ2v) is 6.91. The Balaban J connectivity index is 1.90. The number of hydrogen-bond donors (Lipinski definition) is 0. The summed E-state index contributed by atoms with van der Waals surface area (Å²) in [6, 6.07) is 14.8. The maximum atomic E-state index is 13.0. The minimum absolute atomic E-state index is 0.221. The first kappa shape index (κ1) is 19.3. The van der Waals surface area contributed by atoms with E-state index >= 15 is 0 Å². The fraction of sp³-hybridized carbons (Fsp3) is 0.200. The average Bonchev–Trinajstić information content (AvgIpc) is 2.96. The predicted octanol–water partition coefficient (Wildman–Crippen LogP) is 4.77. The van der Waals surface area contributed by atoms with E-state index in [9.17, 15) is 4.79 Å². The van der Waals surface area contributed by atoms with Crippen LogP contribution in [0.3, 0.4) is 0 Å². The average molecular weight is 404 g/mol. The largest absolute Gasteiger partial charge is 0.496 e. The highest BCUT2D eigenvalue weighted by Gasteiger charge is 2.24. The van der Waals surface area contributed by atoms with Gasteiger partial charge in [0.1, 0.15) is 10.9 Å². The molecular weight excluding hydrogens is 385 g/mol. The van der Waals surface area contributed by atoms with Gasteiger partial charge in [-0.3, -0.25) is 4.79 Å². The van der Waals surface area contributed by atoms with Crippen molar-refractivity contribution in [2.75, 3.05) is 14.2 Å². The van der Waals surface area contributed by atoms with Gasteiger partial charge in [-0.2, -0.15) is 5.10 Å². The maximum Gasteiger partial charge on any atom is 0.258 e. The summed E-state index contributed by atoms with van der Waals surface area (Å²) in [6.45, 7) is 2.10. The van der Waals surface area contributed by atoms with Gasteiger partial charge >= 0.3 is 0 Å². The van der Waals surface area contributed by atoms with Crippen LogP contribution in [-0.4, -0.2) is 34.7 Å². The van der Waals surface area contributed by atoms with Crippen LogP contribution in [0.5, 0.6) is 5.75 Å². The van der Waals surface area contributed by atoms with E-state index < -0.39 is 0 Å². The van der Waals surface area contributed by atoms with Crippen LogP contribution >= 0.6 is 23.2 Å². The lowest BCUT2D eigenvalue weighted by atomic mass is 10.1. The van der Waals surface area contributed by atoms with Gasteiger partial charge in [0.2, 0.25) is 0 Å². The topological polar surface area (TPSA) is 47.4 Å². The molecule has 0 saturated heterocycles. The Morgan fingerprint density at radius 2 is 1.89 bits per heavy atom.